The van der Waals surface area contributed by atoms with Gasteiger partial charge in [0.15, 0.2) is 0 Å². The van der Waals surface area contributed by atoms with Crippen LogP contribution in [0.3, 0.4) is 0 Å². The Morgan fingerprint density at radius 2 is 1.92 bits per heavy atom. The van der Waals surface area contributed by atoms with Gasteiger partial charge in [-0.05, 0) is 56.3 Å². The van der Waals surface area contributed by atoms with Gasteiger partial charge in [-0.15, -0.1) is 0 Å². The molecule has 0 bridgehead atoms. The van der Waals surface area contributed by atoms with E-state index >= 15 is 0 Å². The Hall–Kier alpha value is -3.26. The van der Waals surface area contributed by atoms with Crippen LogP contribution in [0.25, 0.3) is 17.3 Å². The van der Waals surface area contributed by atoms with Crippen LogP contribution < -0.4 is 0 Å². The number of nitriles is 1. The summed E-state index contributed by atoms with van der Waals surface area (Å²) in [7, 11) is 0. The van der Waals surface area contributed by atoms with Crippen LogP contribution in [-0.4, -0.2) is 14.8 Å². The van der Waals surface area contributed by atoms with E-state index in [1.807, 2.05) is 26.0 Å². The van der Waals surface area contributed by atoms with E-state index in [-0.39, 0.29) is 5.82 Å². The minimum Gasteiger partial charge on any atom is -0.256 e. The van der Waals surface area contributed by atoms with Gasteiger partial charge in [-0.25, -0.2) is 9.07 Å². The van der Waals surface area contributed by atoms with Crippen LogP contribution in [0.15, 0.2) is 48.7 Å². The van der Waals surface area contributed by atoms with Crippen LogP contribution in [0, 0.1) is 31.0 Å². The lowest BCUT2D eigenvalue weighted by molar-refractivity contribution is 0.627. The van der Waals surface area contributed by atoms with Crippen LogP contribution in [0.5, 0.6) is 0 Å². The number of hydrogen-bond acceptors (Lipinski definition) is 3. The molecular weight excluding hydrogens is 303 g/mol. The van der Waals surface area contributed by atoms with Gasteiger partial charge in [0.2, 0.25) is 0 Å². The molecule has 0 aliphatic carbocycles. The third-order valence-electron chi connectivity index (χ3n) is 3.77. The first-order valence-electron chi connectivity index (χ1n) is 7.45. The maximum atomic E-state index is 13.1. The Balaban J connectivity index is 2.08. The Labute approximate surface area is 139 Å². The number of hydrogen-bond donors (Lipinski definition) is 0. The third kappa shape index (κ3) is 2.95. The van der Waals surface area contributed by atoms with Crippen LogP contribution in [-0.2, 0) is 0 Å². The summed E-state index contributed by atoms with van der Waals surface area (Å²) in [6.07, 6.45) is 3.45. The molecule has 5 heteroatoms. The average molecular weight is 318 g/mol. The van der Waals surface area contributed by atoms with Gasteiger partial charge in [0.25, 0.3) is 0 Å². The van der Waals surface area contributed by atoms with E-state index in [2.05, 4.69) is 16.2 Å². The van der Waals surface area contributed by atoms with E-state index in [1.165, 1.54) is 12.1 Å². The number of nitrogens with zero attached hydrogens (tertiary/aromatic N) is 4. The second-order valence-corrected chi connectivity index (χ2v) is 5.36. The number of aromatic nitrogens is 3. The Bertz CT molecular complexity index is 932. The zero-order valence-electron chi connectivity index (χ0n) is 13.4. The molecule has 118 valence electrons. The molecule has 4 nitrogen and oxygen atoms in total. The fourth-order valence-electron chi connectivity index (χ4n) is 2.53. The van der Waals surface area contributed by atoms with Gasteiger partial charge in [0.05, 0.1) is 22.6 Å². The van der Waals surface area contributed by atoms with Crippen molar-refractivity contribution in [2.45, 2.75) is 13.8 Å². The average Bonchev–Trinajstić information content (AvgIpc) is 2.88. The summed E-state index contributed by atoms with van der Waals surface area (Å²) in [5.41, 5.74) is 4.40. The lowest BCUT2D eigenvalue weighted by Gasteiger charge is -2.04. The lowest BCUT2D eigenvalue weighted by Crippen LogP contribution is -1.99. The molecule has 2 aromatic heterocycles. The van der Waals surface area contributed by atoms with Crippen molar-refractivity contribution >= 4 is 11.6 Å². The van der Waals surface area contributed by atoms with Crippen LogP contribution in [0.2, 0.25) is 0 Å². The molecule has 0 fully saturated rings. The largest absolute Gasteiger partial charge is 0.256 e. The molecule has 0 unspecified atom stereocenters. The van der Waals surface area contributed by atoms with Crippen LogP contribution in [0.1, 0.15) is 22.6 Å². The van der Waals surface area contributed by atoms with Gasteiger partial charge in [-0.2, -0.15) is 10.4 Å². The van der Waals surface area contributed by atoms with E-state index in [0.29, 0.717) is 11.3 Å². The standard InChI is InChI=1S/C19H15FN4/c1-13-18(11-15(12-21)19-5-3-4-10-22-19)14(2)24(23-13)17-8-6-16(20)7-9-17/h3-11H,1-2H3/b15-11+. The second-order valence-electron chi connectivity index (χ2n) is 5.36. The van der Waals surface area contributed by atoms with Crippen molar-refractivity contribution in [3.8, 4) is 11.8 Å². The van der Waals surface area contributed by atoms with Gasteiger partial charge in [0.1, 0.15) is 11.9 Å². The molecule has 0 aliphatic heterocycles. The number of allylic oxidation sites excluding steroid dienone is 1. The van der Waals surface area contributed by atoms with Crippen molar-refractivity contribution in [2.24, 2.45) is 0 Å². The Kier molecular flexibility index (Phi) is 4.21. The van der Waals surface area contributed by atoms with Crippen molar-refractivity contribution in [1.29, 1.82) is 5.26 Å². The molecule has 0 N–H and O–H groups in total. The van der Waals surface area contributed by atoms with Crippen LogP contribution >= 0.6 is 0 Å². The summed E-state index contributed by atoms with van der Waals surface area (Å²) in [6.45, 7) is 3.80. The number of rotatable bonds is 3. The van der Waals surface area contributed by atoms with Crippen molar-refractivity contribution in [3.05, 3.63) is 77.1 Å². The number of benzene rings is 1. The van der Waals surface area contributed by atoms with Gasteiger partial charge in [0, 0.05) is 17.5 Å². The maximum Gasteiger partial charge on any atom is 0.123 e. The maximum absolute atomic E-state index is 13.1. The van der Waals surface area contributed by atoms with E-state index in [9.17, 15) is 9.65 Å². The number of halogens is 1. The minimum absolute atomic E-state index is 0.290. The quantitative estimate of drug-likeness (QED) is 0.684. The highest BCUT2D eigenvalue weighted by Gasteiger charge is 2.13. The molecule has 3 aromatic rings. The number of aryl methyl sites for hydroxylation is 1. The van der Waals surface area contributed by atoms with E-state index < -0.39 is 0 Å². The monoisotopic (exact) mass is 318 g/mol. The first-order valence-corrected chi connectivity index (χ1v) is 7.45. The fourth-order valence-corrected chi connectivity index (χ4v) is 2.53. The predicted octanol–water partition coefficient (Wildman–Crippen LogP) is 4.09. The summed E-state index contributed by atoms with van der Waals surface area (Å²) < 4.78 is 14.9. The normalized spacial score (nSPS) is 11.3. The Morgan fingerprint density at radius 3 is 2.54 bits per heavy atom. The summed E-state index contributed by atoms with van der Waals surface area (Å²) in [6, 6.07) is 13.8. The SMILES string of the molecule is Cc1nn(-c2ccc(F)cc2)c(C)c1/C=C(\C#N)c1ccccn1. The molecular formula is C19H15FN4. The topological polar surface area (TPSA) is 54.5 Å². The van der Waals surface area contributed by atoms with E-state index in [1.54, 1.807) is 35.2 Å². The lowest BCUT2D eigenvalue weighted by atomic mass is 10.1. The first-order chi connectivity index (χ1) is 11.6. The van der Waals surface area contributed by atoms with Gasteiger partial charge in [-0.1, -0.05) is 6.07 Å². The van der Waals surface area contributed by atoms with E-state index in [4.69, 9.17) is 0 Å². The molecule has 0 radical (unpaired) electrons. The second kappa shape index (κ2) is 6.47. The van der Waals surface area contributed by atoms with Crippen molar-refractivity contribution in [3.63, 3.8) is 0 Å². The highest BCUT2D eigenvalue weighted by molar-refractivity contribution is 5.89. The predicted molar refractivity (Wildman–Crippen MR) is 90.7 cm³/mol. The van der Waals surface area contributed by atoms with Gasteiger partial charge < -0.3 is 0 Å². The fraction of sp³-hybridized carbons (Fsp3) is 0.105. The molecule has 0 atom stereocenters. The van der Waals surface area contributed by atoms with E-state index in [0.717, 1.165) is 22.6 Å². The zero-order chi connectivity index (χ0) is 17.1. The molecule has 2 heterocycles. The molecule has 0 spiro atoms. The van der Waals surface area contributed by atoms with Gasteiger partial charge in [-0.3, -0.25) is 4.98 Å². The van der Waals surface area contributed by atoms with Crippen molar-refractivity contribution in [1.82, 2.24) is 14.8 Å². The molecule has 0 aliphatic rings. The summed E-state index contributed by atoms with van der Waals surface area (Å²) >= 11 is 0. The third-order valence-corrected chi connectivity index (χ3v) is 3.77. The van der Waals surface area contributed by atoms with Crippen molar-refractivity contribution in [2.75, 3.05) is 0 Å². The number of pyridine rings is 1. The first kappa shape index (κ1) is 15.6. The molecule has 24 heavy (non-hydrogen) atoms. The Morgan fingerprint density at radius 1 is 1.17 bits per heavy atom. The van der Waals surface area contributed by atoms with Gasteiger partial charge >= 0.3 is 0 Å². The summed E-state index contributed by atoms with van der Waals surface area (Å²) in [4.78, 5) is 4.22. The zero-order valence-corrected chi connectivity index (χ0v) is 13.4. The van der Waals surface area contributed by atoms with Crippen molar-refractivity contribution < 1.29 is 4.39 Å². The summed E-state index contributed by atoms with van der Waals surface area (Å²) in [5, 5.41) is 14.0. The minimum atomic E-state index is -0.290. The molecule has 1 aromatic carbocycles. The molecule has 3 rings (SSSR count). The smallest absolute Gasteiger partial charge is 0.123 e. The molecule has 0 saturated carbocycles. The highest BCUT2D eigenvalue weighted by atomic mass is 19.1. The molecule has 0 saturated heterocycles. The van der Waals surface area contributed by atoms with Crippen LogP contribution in [0.4, 0.5) is 4.39 Å². The highest BCUT2D eigenvalue weighted by Crippen LogP contribution is 2.23. The summed E-state index contributed by atoms with van der Waals surface area (Å²) in [5.74, 6) is -0.290. The molecule has 0 amide bonds.